The van der Waals surface area contributed by atoms with E-state index in [2.05, 4.69) is 10.6 Å². The van der Waals surface area contributed by atoms with Gasteiger partial charge in [-0.15, -0.1) is 0 Å². The van der Waals surface area contributed by atoms with Crippen LogP contribution in [0.4, 0.5) is 11.4 Å². The van der Waals surface area contributed by atoms with Crippen LogP contribution >= 0.6 is 12.2 Å². The largest absolute Gasteiger partial charge is 0.332 e. The van der Waals surface area contributed by atoms with Crippen LogP contribution in [-0.2, 0) is 0 Å². The molecule has 0 fully saturated rings. The summed E-state index contributed by atoms with van der Waals surface area (Å²) in [6.07, 6.45) is 0. The maximum Gasteiger partial charge on any atom is 0.269 e. The van der Waals surface area contributed by atoms with E-state index in [1.54, 1.807) is 31.2 Å². The van der Waals surface area contributed by atoms with Crippen molar-refractivity contribution in [3.8, 4) is 0 Å². The van der Waals surface area contributed by atoms with Crippen LogP contribution in [0, 0.1) is 24.0 Å². The summed E-state index contributed by atoms with van der Waals surface area (Å²) in [5.74, 6) is -0.314. The molecule has 23 heavy (non-hydrogen) atoms. The number of carbonyl (C=O) groups excluding carboxylic acids is 1. The van der Waals surface area contributed by atoms with Crippen LogP contribution in [0.1, 0.15) is 21.5 Å². The summed E-state index contributed by atoms with van der Waals surface area (Å²) in [7, 11) is 0. The Morgan fingerprint density at radius 3 is 2.52 bits per heavy atom. The quantitative estimate of drug-likeness (QED) is 0.512. The van der Waals surface area contributed by atoms with Crippen molar-refractivity contribution in [3.05, 3.63) is 69.3 Å². The molecule has 0 heterocycles. The van der Waals surface area contributed by atoms with Crippen LogP contribution in [0.3, 0.4) is 0 Å². The first-order valence-electron chi connectivity index (χ1n) is 6.81. The van der Waals surface area contributed by atoms with E-state index in [9.17, 15) is 14.9 Å². The predicted molar refractivity (Wildman–Crippen MR) is 92.7 cm³/mol. The summed E-state index contributed by atoms with van der Waals surface area (Å²) in [4.78, 5) is 22.4. The average molecular weight is 329 g/mol. The van der Waals surface area contributed by atoms with Gasteiger partial charge in [-0.2, -0.15) is 0 Å². The number of nitrogens with zero attached hydrogens (tertiary/aromatic N) is 1. The van der Waals surface area contributed by atoms with Crippen molar-refractivity contribution in [3.63, 3.8) is 0 Å². The number of benzene rings is 2. The molecular weight excluding hydrogens is 314 g/mol. The minimum atomic E-state index is -0.464. The van der Waals surface area contributed by atoms with Crippen molar-refractivity contribution in [1.82, 2.24) is 5.32 Å². The van der Waals surface area contributed by atoms with Crippen molar-refractivity contribution in [2.45, 2.75) is 13.8 Å². The van der Waals surface area contributed by atoms with Crippen LogP contribution in [0.5, 0.6) is 0 Å². The molecule has 0 aliphatic carbocycles. The van der Waals surface area contributed by atoms with Gasteiger partial charge >= 0.3 is 0 Å². The maximum atomic E-state index is 12.1. The second kappa shape index (κ2) is 6.97. The Morgan fingerprint density at radius 1 is 1.17 bits per heavy atom. The molecule has 0 spiro atoms. The molecular formula is C16H15N3O3S. The lowest BCUT2D eigenvalue weighted by atomic mass is 10.1. The van der Waals surface area contributed by atoms with Crippen LogP contribution in [0.2, 0.25) is 0 Å². The van der Waals surface area contributed by atoms with Gasteiger partial charge in [0.1, 0.15) is 0 Å². The number of non-ortho nitro benzene ring substituents is 1. The number of rotatable bonds is 3. The third-order valence-corrected chi connectivity index (χ3v) is 3.38. The molecule has 7 heteroatoms. The Balaban J connectivity index is 2.05. The van der Waals surface area contributed by atoms with E-state index in [1.807, 2.05) is 13.0 Å². The van der Waals surface area contributed by atoms with E-state index in [4.69, 9.17) is 12.2 Å². The number of carbonyl (C=O) groups is 1. The maximum absolute atomic E-state index is 12.1. The second-order valence-electron chi connectivity index (χ2n) is 5.03. The van der Waals surface area contributed by atoms with E-state index in [0.29, 0.717) is 16.8 Å². The molecule has 2 rings (SSSR count). The van der Waals surface area contributed by atoms with E-state index in [0.717, 1.165) is 5.56 Å². The van der Waals surface area contributed by atoms with Crippen molar-refractivity contribution in [1.29, 1.82) is 0 Å². The van der Waals surface area contributed by atoms with Crippen molar-refractivity contribution >= 4 is 34.6 Å². The highest BCUT2D eigenvalue weighted by atomic mass is 32.1. The molecule has 0 atom stereocenters. The second-order valence-corrected chi connectivity index (χ2v) is 5.44. The zero-order valence-electron chi connectivity index (χ0n) is 12.6. The van der Waals surface area contributed by atoms with Crippen LogP contribution in [-0.4, -0.2) is 15.9 Å². The fraction of sp³-hybridized carbons (Fsp3) is 0.125. The minimum absolute atomic E-state index is 0.00256. The molecule has 0 aromatic heterocycles. The van der Waals surface area contributed by atoms with Gasteiger partial charge in [0, 0.05) is 23.4 Å². The van der Waals surface area contributed by atoms with Gasteiger partial charge in [0.25, 0.3) is 11.6 Å². The average Bonchev–Trinajstić information content (AvgIpc) is 2.49. The smallest absolute Gasteiger partial charge is 0.269 e. The fourth-order valence-corrected chi connectivity index (χ4v) is 2.22. The molecule has 0 bridgehead atoms. The minimum Gasteiger partial charge on any atom is -0.332 e. The highest BCUT2D eigenvalue weighted by Gasteiger charge is 2.11. The van der Waals surface area contributed by atoms with Crippen molar-refractivity contribution < 1.29 is 9.72 Å². The molecule has 0 radical (unpaired) electrons. The first-order valence-corrected chi connectivity index (χ1v) is 7.21. The molecule has 118 valence electrons. The van der Waals surface area contributed by atoms with Crippen molar-refractivity contribution in [2.24, 2.45) is 0 Å². The number of hydrogen-bond donors (Lipinski definition) is 2. The lowest BCUT2D eigenvalue weighted by Gasteiger charge is -2.11. The number of amides is 1. The van der Waals surface area contributed by atoms with Gasteiger partial charge in [0.05, 0.1) is 4.92 Å². The summed E-state index contributed by atoms with van der Waals surface area (Å²) in [6, 6.07) is 11.5. The fourth-order valence-electron chi connectivity index (χ4n) is 2.02. The van der Waals surface area contributed by atoms with Gasteiger partial charge in [-0.1, -0.05) is 17.7 Å². The Labute approximate surface area is 138 Å². The molecule has 2 aromatic carbocycles. The van der Waals surface area contributed by atoms with E-state index in [-0.39, 0.29) is 16.7 Å². The zero-order valence-corrected chi connectivity index (χ0v) is 13.4. The molecule has 0 saturated carbocycles. The van der Waals surface area contributed by atoms with Gasteiger partial charge in [-0.25, -0.2) is 0 Å². The lowest BCUT2D eigenvalue weighted by molar-refractivity contribution is -0.384. The number of nitro benzene ring substituents is 1. The van der Waals surface area contributed by atoms with E-state index >= 15 is 0 Å². The van der Waals surface area contributed by atoms with Gasteiger partial charge < -0.3 is 5.32 Å². The van der Waals surface area contributed by atoms with Gasteiger partial charge in [-0.05, 0) is 49.8 Å². The molecule has 0 unspecified atom stereocenters. The first kappa shape index (κ1) is 16.6. The first-order chi connectivity index (χ1) is 10.9. The number of anilines is 1. The van der Waals surface area contributed by atoms with Crippen LogP contribution < -0.4 is 10.6 Å². The summed E-state index contributed by atoms with van der Waals surface area (Å²) in [6.45, 7) is 3.62. The molecule has 0 saturated heterocycles. The lowest BCUT2D eigenvalue weighted by Crippen LogP contribution is -2.34. The summed E-state index contributed by atoms with van der Waals surface area (Å²) in [5, 5.41) is 16.3. The Morgan fingerprint density at radius 2 is 1.91 bits per heavy atom. The Bertz CT molecular complexity index is 790. The molecule has 6 nitrogen and oxygen atoms in total. The standard InChI is InChI=1S/C16H15N3O3S/c1-10-4-3-5-12(8-10)15(20)18-16(23)17-14-7-6-13(19(21)22)9-11(14)2/h3-9H,1-2H3,(H2,17,18,20,23). The Kier molecular flexibility index (Phi) is 5.02. The topological polar surface area (TPSA) is 84.3 Å². The number of nitro groups is 1. The normalized spacial score (nSPS) is 10.0. The molecule has 2 aromatic rings. The van der Waals surface area contributed by atoms with Crippen LogP contribution in [0.15, 0.2) is 42.5 Å². The van der Waals surface area contributed by atoms with E-state index in [1.165, 1.54) is 12.1 Å². The van der Waals surface area contributed by atoms with Crippen LogP contribution in [0.25, 0.3) is 0 Å². The SMILES string of the molecule is Cc1cccc(C(=O)NC(=S)Nc2ccc([N+](=O)[O-])cc2C)c1. The van der Waals surface area contributed by atoms with Gasteiger partial charge in [-0.3, -0.25) is 20.2 Å². The number of nitrogens with one attached hydrogen (secondary N) is 2. The summed E-state index contributed by atoms with van der Waals surface area (Å²) in [5.41, 5.74) is 2.75. The molecule has 0 aliphatic rings. The van der Waals surface area contributed by atoms with Gasteiger partial charge in [0.15, 0.2) is 5.11 Å². The number of hydrogen-bond acceptors (Lipinski definition) is 4. The summed E-state index contributed by atoms with van der Waals surface area (Å²) >= 11 is 5.11. The van der Waals surface area contributed by atoms with E-state index < -0.39 is 4.92 Å². The summed E-state index contributed by atoms with van der Waals surface area (Å²) < 4.78 is 0. The molecule has 1 amide bonds. The molecule has 0 aliphatic heterocycles. The van der Waals surface area contributed by atoms with Gasteiger partial charge in [0.2, 0.25) is 0 Å². The number of thiocarbonyl (C=S) groups is 1. The molecule has 2 N–H and O–H groups in total. The number of aryl methyl sites for hydroxylation is 2. The van der Waals surface area contributed by atoms with Crippen molar-refractivity contribution in [2.75, 3.05) is 5.32 Å². The highest BCUT2D eigenvalue weighted by Crippen LogP contribution is 2.21. The predicted octanol–water partition coefficient (Wildman–Crippen LogP) is 3.34. The monoisotopic (exact) mass is 329 g/mol. The Hall–Kier alpha value is -2.80. The highest BCUT2D eigenvalue weighted by molar-refractivity contribution is 7.80. The zero-order chi connectivity index (χ0) is 17.0. The third kappa shape index (κ3) is 4.33. The third-order valence-electron chi connectivity index (χ3n) is 3.18.